The molecule has 0 unspecified atom stereocenters. The van der Waals surface area contributed by atoms with Crippen LogP contribution in [0.3, 0.4) is 0 Å². The second kappa shape index (κ2) is 8.83. The summed E-state index contributed by atoms with van der Waals surface area (Å²) in [6, 6.07) is 9.81. The largest absolute Gasteiger partial charge is 0.486 e. The van der Waals surface area contributed by atoms with E-state index in [-0.39, 0.29) is 11.1 Å². The lowest BCUT2D eigenvalue weighted by Crippen LogP contribution is -2.06. The summed E-state index contributed by atoms with van der Waals surface area (Å²) in [7, 11) is 0. The van der Waals surface area contributed by atoms with Crippen LogP contribution >= 0.6 is 0 Å². The van der Waals surface area contributed by atoms with E-state index in [1.807, 2.05) is 19.9 Å². The molecule has 0 aliphatic rings. The number of allylic oxidation sites excluding steroid dienone is 1. The molecule has 28 heavy (non-hydrogen) atoms. The Labute approximate surface area is 162 Å². The van der Waals surface area contributed by atoms with Crippen LogP contribution in [0.1, 0.15) is 30.7 Å². The standard InChI is InChI=1S/C23H22F2O3/c1-3-5-12-27-20-11-7-15(13-19(20)24)6-8-16-9-10-17-14-18(4-2)28-23(26)21(17)22(16)25/h3,5,7,9-11,13-14H,4,6,8,12H2,1-2H3/b5-3+. The Bertz CT molecular complexity index is 1070. The molecule has 3 aromatic rings. The molecule has 146 valence electrons. The Balaban J connectivity index is 1.78. The van der Waals surface area contributed by atoms with Crippen LogP contribution in [0.15, 0.2) is 57.8 Å². The molecule has 3 nitrogen and oxygen atoms in total. The number of fused-ring (bicyclic) bond motifs is 1. The third kappa shape index (κ3) is 4.30. The molecule has 3 rings (SSSR count). The van der Waals surface area contributed by atoms with Gasteiger partial charge < -0.3 is 9.15 Å². The van der Waals surface area contributed by atoms with Crippen molar-refractivity contribution in [3.05, 3.63) is 87.5 Å². The van der Waals surface area contributed by atoms with Gasteiger partial charge in [-0.3, -0.25) is 0 Å². The van der Waals surface area contributed by atoms with E-state index in [2.05, 4.69) is 0 Å². The second-order valence-corrected chi connectivity index (χ2v) is 6.50. The normalized spacial score (nSPS) is 11.4. The van der Waals surface area contributed by atoms with Crippen LogP contribution in [-0.4, -0.2) is 6.61 Å². The fourth-order valence-electron chi connectivity index (χ4n) is 3.03. The molecule has 0 atom stereocenters. The van der Waals surface area contributed by atoms with Crippen molar-refractivity contribution in [2.45, 2.75) is 33.1 Å². The molecule has 0 bridgehead atoms. The monoisotopic (exact) mass is 384 g/mol. The summed E-state index contributed by atoms with van der Waals surface area (Å²) in [5, 5.41) is 0.497. The molecule has 0 amide bonds. The molecule has 0 N–H and O–H groups in total. The topological polar surface area (TPSA) is 39.4 Å². The van der Waals surface area contributed by atoms with Crippen molar-refractivity contribution >= 4 is 10.8 Å². The predicted molar refractivity (Wildman–Crippen MR) is 106 cm³/mol. The Morgan fingerprint density at radius 1 is 1.11 bits per heavy atom. The van der Waals surface area contributed by atoms with Crippen molar-refractivity contribution in [1.82, 2.24) is 0 Å². The first kappa shape index (κ1) is 19.8. The van der Waals surface area contributed by atoms with Gasteiger partial charge in [0.1, 0.15) is 23.6 Å². The van der Waals surface area contributed by atoms with Crippen LogP contribution < -0.4 is 10.4 Å². The Hall–Kier alpha value is -2.95. The minimum absolute atomic E-state index is 0.0337. The highest BCUT2D eigenvalue weighted by Crippen LogP contribution is 2.23. The zero-order valence-corrected chi connectivity index (χ0v) is 15.9. The number of hydrogen-bond donors (Lipinski definition) is 0. The molecule has 0 spiro atoms. The summed E-state index contributed by atoms with van der Waals surface area (Å²) < 4.78 is 39.4. The molecule has 0 saturated heterocycles. The van der Waals surface area contributed by atoms with Crippen molar-refractivity contribution in [3.63, 3.8) is 0 Å². The maximum absolute atomic E-state index is 14.8. The number of hydrogen-bond acceptors (Lipinski definition) is 3. The van der Waals surface area contributed by atoms with Crippen molar-refractivity contribution in [3.8, 4) is 5.75 Å². The van der Waals surface area contributed by atoms with Crippen LogP contribution in [0.5, 0.6) is 5.75 Å². The zero-order chi connectivity index (χ0) is 20.1. The molecule has 5 heteroatoms. The molecule has 0 radical (unpaired) electrons. The number of halogens is 2. The van der Waals surface area contributed by atoms with Crippen LogP contribution in [0.2, 0.25) is 0 Å². The van der Waals surface area contributed by atoms with E-state index in [0.717, 1.165) is 5.56 Å². The van der Waals surface area contributed by atoms with Crippen LogP contribution in [0, 0.1) is 11.6 Å². The molecule has 0 aliphatic carbocycles. The zero-order valence-electron chi connectivity index (χ0n) is 15.9. The Morgan fingerprint density at radius 2 is 1.93 bits per heavy atom. The lowest BCUT2D eigenvalue weighted by Gasteiger charge is -2.09. The molecular weight excluding hydrogens is 362 g/mol. The lowest BCUT2D eigenvalue weighted by atomic mass is 10.0. The van der Waals surface area contributed by atoms with E-state index < -0.39 is 17.3 Å². The van der Waals surface area contributed by atoms with Crippen LogP contribution in [0.25, 0.3) is 10.8 Å². The molecule has 1 aromatic heterocycles. The molecule has 2 aromatic carbocycles. The Kier molecular flexibility index (Phi) is 6.24. The van der Waals surface area contributed by atoms with E-state index in [1.54, 1.807) is 36.4 Å². The van der Waals surface area contributed by atoms with Crippen molar-refractivity contribution < 1.29 is 17.9 Å². The summed E-state index contributed by atoms with van der Waals surface area (Å²) in [5.41, 5.74) is 0.462. The molecular formula is C23H22F2O3. The van der Waals surface area contributed by atoms with Crippen LogP contribution in [-0.2, 0) is 19.3 Å². The third-order valence-corrected chi connectivity index (χ3v) is 4.60. The fourth-order valence-corrected chi connectivity index (χ4v) is 3.03. The maximum atomic E-state index is 14.8. The van der Waals surface area contributed by atoms with Crippen molar-refractivity contribution in [2.75, 3.05) is 6.61 Å². The smallest absolute Gasteiger partial charge is 0.346 e. The highest BCUT2D eigenvalue weighted by atomic mass is 19.1. The summed E-state index contributed by atoms with van der Waals surface area (Å²) in [4.78, 5) is 12.1. The highest BCUT2D eigenvalue weighted by molar-refractivity contribution is 5.82. The van der Waals surface area contributed by atoms with E-state index in [9.17, 15) is 13.6 Å². The van der Waals surface area contributed by atoms with Gasteiger partial charge in [0.25, 0.3) is 0 Å². The SMILES string of the molecule is C/C=C/COc1ccc(CCc2ccc3cc(CC)oc(=O)c3c2F)cc1F. The van der Waals surface area contributed by atoms with Gasteiger partial charge in [-0.2, -0.15) is 0 Å². The number of rotatable bonds is 7. The van der Waals surface area contributed by atoms with Gasteiger partial charge in [0.15, 0.2) is 11.6 Å². The van der Waals surface area contributed by atoms with E-state index >= 15 is 0 Å². The van der Waals surface area contributed by atoms with Crippen molar-refractivity contribution in [2.24, 2.45) is 0 Å². The molecule has 1 heterocycles. The second-order valence-electron chi connectivity index (χ2n) is 6.50. The van der Waals surface area contributed by atoms with Gasteiger partial charge >= 0.3 is 5.63 Å². The van der Waals surface area contributed by atoms with Gasteiger partial charge in [0, 0.05) is 6.42 Å². The maximum Gasteiger partial charge on any atom is 0.346 e. The third-order valence-electron chi connectivity index (χ3n) is 4.60. The number of aryl methyl sites for hydroxylation is 3. The number of benzene rings is 2. The Morgan fingerprint density at radius 3 is 2.64 bits per heavy atom. The molecule has 0 saturated carbocycles. The summed E-state index contributed by atoms with van der Waals surface area (Å²) in [6.45, 7) is 4.03. The molecule has 0 aliphatic heterocycles. The lowest BCUT2D eigenvalue weighted by molar-refractivity contribution is 0.341. The average molecular weight is 384 g/mol. The summed E-state index contributed by atoms with van der Waals surface area (Å²) in [6.07, 6.45) is 4.96. The first-order valence-corrected chi connectivity index (χ1v) is 9.30. The summed E-state index contributed by atoms with van der Waals surface area (Å²) in [5.74, 6) is -0.311. The molecule has 0 fully saturated rings. The van der Waals surface area contributed by atoms with E-state index in [1.165, 1.54) is 6.07 Å². The predicted octanol–water partition coefficient (Wildman–Crippen LogP) is 5.37. The van der Waals surface area contributed by atoms with Gasteiger partial charge in [0.2, 0.25) is 0 Å². The highest BCUT2D eigenvalue weighted by Gasteiger charge is 2.13. The first-order chi connectivity index (χ1) is 13.5. The van der Waals surface area contributed by atoms with E-state index in [4.69, 9.17) is 9.15 Å². The van der Waals surface area contributed by atoms with Gasteiger partial charge in [-0.05, 0) is 54.5 Å². The van der Waals surface area contributed by atoms with Gasteiger partial charge in [-0.25, -0.2) is 13.6 Å². The minimum Gasteiger partial charge on any atom is -0.486 e. The fraction of sp³-hybridized carbons (Fsp3) is 0.261. The van der Waals surface area contributed by atoms with Gasteiger partial charge in [-0.15, -0.1) is 0 Å². The quantitative estimate of drug-likeness (QED) is 0.514. The van der Waals surface area contributed by atoms with Gasteiger partial charge in [-0.1, -0.05) is 37.3 Å². The minimum atomic E-state index is -0.664. The average Bonchev–Trinajstić information content (AvgIpc) is 2.68. The first-order valence-electron chi connectivity index (χ1n) is 9.30. The van der Waals surface area contributed by atoms with Crippen LogP contribution in [0.4, 0.5) is 8.78 Å². The van der Waals surface area contributed by atoms with Gasteiger partial charge in [0.05, 0.1) is 0 Å². The van der Waals surface area contributed by atoms with Crippen molar-refractivity contribution in [1.29, 1.82) is 0 Å². The van der Waals surface area contributed by atoms with E-state index in [0.29, 0.717) is 42.6 Å². The summed E-state index contributed by atoms with van der Waals surface area (Å²) >= 11 is 0. The number of ether oxygens (including phenoxy) is 1.